The number of hydrogen-bond acceptors (Lipinski definition) is 6. The Kier molecular flexibility index (Phi) is 9.28. The van der Waals surface area contributed by atoms with Gasteiger partial charge in [0.15, 0.2) is 0 Å². The lowest BCUT2D eigenvalue weighted by molar-refractivity contribution is -0.138. The van der Waals surface area contributed by atoms with Crippen molar-refractivity contribution < 1.29 is 36.6 Å². The van der Waals surface area contributed by atoms with Gasteiger partial charge in [0, 0.05) is 55.1 Å². The number of aromatic nitrogens is 1. The molecule has 1 atom stereocenters. The first-order valence-corrected chi connectivity index (χ1v) is 12.8. The largest absolute Gasteiger partial charge is 0.493 e. The molecule has 1 aliphatic rings. The molecule has 0 aliphatic carbocycles. The van der Waals surface area contributed by atoms with E-state index in [9.17, 15) is 36.6 Å². The Bertz CT molecular complexity index is 1420. The zero-order valence-electron chi connectivity index (χ0n) is 21.4. The second-order valence-electron chi connectivity index (χ2n) is 9.26. The lowest BCUT2D eigenvalue weighted by Gasteiger charge is -2.37. The lowest BCUT2D eigenvalue weighted by Crippen LogP contribution is -2.47. The lowest BCUT2D eigenvalue weighted by atomic mass is 10.1. The second kappa shape index (κ2) is 12.7. The smallest absolute Gasteiger partial charge is 0.390 e. The minimum atomic E-state index is -4.23. The molecule has 1 unspecified atom stereocenters. The minimum absolute atomic E-state index is 0.104. The van der Waals surface area contributed by atoms with Crippen molar-refractivity contribution in [1.82, 2.24) is 15.2 Å². The van der Waals surface area contributed by atoms with Crippen molar-refractivity contribution >= 4 is 34.8 Å². The molecular formula is C27H25ClF5N5O3. The number of alkyl halides is 4. The van der Waals surface area contributed by atoms with Gasteiger partial charge in [-0.25, -0.2) is 13.8 Å². The van der Waals surface area contributed by atoms with Crippen LogP contribution in [0.1, 0.15) is 39.0 Å². The van der Waals surface area contributed by atoms with Gasteiger partial charge < -0.3 is 20.6 Å². The Labute approximate surface area is 236 Å². The van der Waals surface area contributed by atoms with Crippen molar-refractivity contribution in [2.45, 2.75) is 18.9 Å². The third-order valence-corrected chi connectivity index (χ3v) is 6.69. The number of carbonyl (C=O) groups is 2. The van der Waals surface area contributed by atoms with E-state index in [1.807, 2.05) is 10.2 Å². The maximum Gasteiger partial charge on any atom is 0.390 e. The van der Waals surface area contributed by atoms with E-state index in [-0.39, 0.29) is 17.7 Å². The average Bonchev–Trinajstić information content (AvgIpc) is 2.92. The normalized spacial score (nSPS) is 14.9. The molecule has 0 bridgehead atoms. The summed E-state index contributed by atoms with van der Waals surface area (Å²) in [7, 11) is 0. The van der Waals surface area contributed by atoms with Crippen molar-refractivity contribution in [2.75, 3.05) is 42.9 Å². The van der Waals surface area contributed by atoms with E-state index >= 15 is 0 Å². The molecule has 1 saturated heterocycles. The van der Waals surface area contributed by atoms with E-state index in [4.69, 9.17) is 11.6 Å². The van der Waals surface area contributed by atoms with Crippen LogP contribution in [-0.4, -0.2) is 65.7 Å². The number of amides is 2. The van der Waals surface area contributed by atoms with Crippen LogP contribution in [0.15, 0.2) is 54.7 Å². The number of hydrogen-bond donors (Lipinski definition) is 3. The summed E-state index contributed by atoms with van der Waals surface area (Å²) in [6, 6.07) is 10.3. The van der Waals surface area contributed by atoms with Gasteiger partial charge >= 0.3 is 6.18 Å². The molecule has 2 aromatic carbocycles. The summed E-state index contributed by atoms with van der Waals surface area (Å²) in [5, 5.41) is 14.6. The van der Waals surface area contributed by atoms with E-state index in [1.165, 1.54) is 24.4 Å². The molecule has 14 heteroatoms. The predicted octanol–water partition coefficient (Wildman–Crippen LogP) is 5.30. The van der Waals surface area contributed by atoms with Gasteiger partial charge in [-0.3, -0.25) is 14.5 Å². The van der Waals surface area contributed by atoms with Crippen molar-refractivity contribution in [3.63, 3.8) is 0 Å². The van der Waals surface area contributed by atoms with Gasteiger partial charge in [0.1, 0.15) is 11.4 Å². The van der Waals surface area contributed by atoms with Gasteiger partial charge in [-0.15, -0.1) is 0 Å². The molecule has 1 fully saturated rings. The Morgan fingerprint density at radius 1 is 1.05 bits per heavy atom. The summed E-state index contributed by atoms with van der Waals surface area (Å²) < 4.78 is 67.2. The van der Waals surface area contributed by atoms with Crippen LogP contribution in [0.2, 0.25) is 5.02 Å². The average molecular weight is 598 g/mol. The van der Waals surface area contributed by atoms with Gasteiger partial charge in [0.05, 0.1) is 17.8 Å². The Morgan fingerprint density at radius 2 is 1.78 bits per heavy atom. The van der Waals surface area contributed by atoms with Crippen LogP contribution in [0.3, 0.4) is 0 Å². The molecule has 0 spiro atoms. The zero-order chi connectivity index (χ0) is 29.7. The fraction of sp³-hybridized carbons (Fsp3) is 0.296. The summed E-state index contributed by atoms with van der Waals surface area (Å²) >= 11 is 6.16. The summed E-state index contributed by atoms with van der Waals surface area (Å²) in [6.45, 7) is 1.44. The first-order valence-electron chi connectivity index (χ1n) is 12.4. The van der Waals surface area contributed by atoms with Gasteiger partial charge in [0.25, 0.3) is 11.8 Å². The maximum absolute atomic E-state index is 14.8. The van der Waals surface area contributed by atoms with E-state index in [2.05, 4.69) is 10.3 Å². The molecule has 1 aromatic heterocycles. The maximum atomic E-state index is 14.8. The standard InChI is InChI=1S/C27H25ClF5N5O3/c28-17-4-6-21(22(15-17)38-12-10-37(11-13-38)9-7-27(31,32)33)35-24(39)16-3-5-18(20(29)14-16)23(30)36-26(41)19-2-1-8-34-25(19)40/h1-6,8,14-15,23H,7,9-13H2,(H,34,40)(H,35,39)(H,36,41). The number of anilines is 2. The number of nitrogens with zero attached hydrogens (tertiary/aromatic N) is 3. The first-order chi connectivity index (χ1) is 19.4. The fourth-order valence-electron chi connectivity index (χ4n) is 4.28. The first kappa shape index (κ1) is 30.0. The van der Waals surface area contributed by atoms with Crippen LogP contribution in [-0.2, 0) is 0 Å². The molecule has 2 heterocycles. The number of piperazine rings is 1. The van der Waals surface area contributed by atoms with Gasteiger partial charge in [0.2, 0.25) is 12.2 Å². The van der Waals surface area contributed by atoms with Crippen molar-refractivity contribution in [2.24, 2.45) is 0 Å². The van der Waals surface area contributed by atoms with Crippen molar-refractivity contribution in [3.8, 4) is 5.88 Å². The Hall–Kier alpha value is -3.97. The number of benzene rings is 2. The highest BCUT2D eigenvalue weighted by Crippen LogP contribution is 2.31. The highest BCUT2D eigenvalue weighted by atomic mass is 35.5. The quantitative estimate of drug-likeness (QED) is 0.241. The number of halogens is 6. The summed E-state index contributed by atoms with van der Waals surface area (Å²) in [5.41, 5.74) is -0.0717. The molecule has 0 saturated carbocycles. The topological polar surface area (TPSA) is 97.8 Å². The molecule has 1 aliphatic heterocycles. The van der Waals surface area contributed by atoms with Crippen LogP contribution in [0, 0.1) is 5.82 Å². The number of nitrogens with one attached hydrogen (secondary N) is 2. The van der Waals surface area contributed by atoms with E-state index in [1.54, 1.807) is 23.1 Å². The van der Waals surface area contributed by atoms with Crippen molar-refractivity contribution in [3.05, 3.63) is 82.3 Å². The number of rotatable bonds is 8. The fourth-order valence-corrected chi connectivity index (χ4v) is 4.45. The van der Waals surface area contributed by atoms with Crippen LogP contribution in [0.25, 0.3) is 0 Å². The molecule has 0 radical (unpaired) electrons. The second-order valence-corrected chi connectivity index (χ2v) is 9.69. The van der Waals surface area contributed by atoms with Gasteiger partial charge in [-0.2, -0.15) is 13.2 Å². The number of pyridine rings is 1. The summed E-state index contributed by atoms with van der Waals surface area (Å²) in [4.78, 5) is 32.3. The Balaban J connectivity index is 1.42. The number of aromatic hydroxyl groups is 1. The molecule has 41 heavy (non-hydrogen) atoms. The van der Waals surface area contributed by atoms with Crippen molar-refractivity contribution in [1.29, 1.82) is 0 Å². The van der Waals surface area contributed by atoms with Crippen LogP contribution in [0.4, 0.5) is 33.3 Å². The molecule has 4 rings (SSSR count). The minimum Gasteiger partial charge on any atom is -0.493 e. The van der Waals surface area contributed by atoms with Gasteiger partial charge in [-0.1, -0.05) is 17.7 Å². The Morgan fingerprint density at radius 3 is 2.44 bits per heavy atom. The third kappa shape index (κ3) is 7.82. The van der Waals surface area contributed by atoms with Crippen LogP contribution < -0.4 is 15.5 Å². The highest BCUT2D eigenvalue weighted by molar-refractivity contribution is 6.31. The zero-order valence-corrected chi connectivity index (χ0v) is 22.1. The van der Waals surface area contributed by atoms with E-state index < -0.39 is 48.0 Å². The third-order valence-electron chi connectivity index (χ3n) is 6.46. The SMILES string of the molecule is O=C(Nc1ccc(Cl)cc1N1CCN(CCC(F)(F)F)CC1)c1ccc(C(F)NC(=O)c2cccnc2O)c(F)c1. The monoisotopic (exact) mass is 597 g/mol. The van der Waals surface area contributed by atoms with Crippen LogP contribution >= 0.6 is 11.6 Å². The highest BCUT2D eigenvalue weighted by Gasteiger charge is 2.29. The predicted molar refractivity (Wildman–Crippen MR) is 142 cm³/mol. The molecule has 218 valence electrons. The molecule has 3 aromatic rings. The molecular weight excluding hydrogens is 573 g/mol. The molecule has 2 amide bonds. The molecule has 3 N–H and O–H groups in total. The van der Waals surface area contributed by atoms with E-state index in [0.717, 1.165) is 12.1 Å². The summed E-state index contributed by atoms with van der Waals surface area (Å²) in [6.07, 6.45) is -6.18. The van der Waals surface area contributed by atoms with Crippen LogP contribution in [0.5, 0.6) is 5.88 Å². The molecule has 8 nitrogen and oxygen atoms in total. The number of carbonyl (C=O) groups excluding carboxylic acids is 2. The summed E-state index contributed by atoms with van der Waals surface area (Å²) in [5.74, 6) is -3.43. The van der Waals surface area contributed by atoms with E-state index in [0.29, 0.717) is 42.6 Å². The van der Waals surface area contributed by atoms with Gasteiger partial charge in [-0.05, 0) is 42.5 Å².